The minimum atomic E-state index is 0.990. The molecule has 0 aliphatic carbocycles. The Kier molecular flexibility index (Phi) is 1.49. The monoisotopic (exact) mass is 190 g/mol. The molecule has 0 nitrogen and oxygen atoms in total. The van der Waals surface area contributed by atoms with E-state index in [-0.39, 0.29) is 0 Å². The summed E-state index contributed by atoms with van der Waals surface area (Å²) >= 11 is 6.70. The molecule has 0 atom stereocenters. The van der Waals surface area contributed by atoms with Gasteiger partial charge in [-0.25, -0.2) is 0 Å². The Hall–Kier alpha value is 1.05. The second-order valence-corrected chi connectivity index (χ2v) is 8.40. The fraction of sp³-hybridized carbons (Fsp3) is 1.00. The van der Waals surface area contributed by atoms with E-state index in [4.69, 9.17) is 0 Å². The van der Waals surface area contributed by atoms with Crippen molar-refractivity contribution in [2.24, 2.45) is 5.92 Å². The quantitative estimate of drug-likeness (QED) is 0.576. The maximum atomic E-state index is 2.23. The van der Waals surface area contributed by atoms with Gasteiger partial charge in [0.05, 0.1) is 13.7 Å². The molecule has 10 heavy (non-hydrogen) atoms. The molecule has 0 amide bonds. The van der Waals surface area contributed by atoms with Gasteiger partial charge in [-0.1, -0.05) is 0 Å². The second kappa shape index (κ2) is 2.27. The van der Waals surface area contributed by atoms with E-state index in [2.05, 4.69) is 35.3 Å². The Morgan fingerprint density at radius 1 is 0.700 bits per heavy atom. The van der Waals surface area contributed by atoms with Crippen LogP contribution in [0.2, 0.25) is 0 Å². The third kappa shape index (κ3) is 0.935. The van der Waals surface area contributed by atoms with E-state index in [0.29, 0.717) is 0 Å². The van der Waals surface area contributed by atoms with E-state index in [0.717, 1.165) is 19.7 Å². The van der Waals surface area contributed by atoms with Gasteiger partial charge < -0.3 is 0 Å². The summed E-state index contributed by atoms with van der Waals surface area (Å²) < 4.78 is 2.97. The summed E-state index contributed by atoms with van der Waals surface area (Å²) in [5.41, 5.74) is 0. The van der Waals surface area contributed by atoms with E-state index in [1.165, 1.54) is 19.3 Å². The topological polar surface area (TPSA) is 0 Å². The average Bonchev–Trinajstić information content (AvgIpc) is 1.82. The molecule has 56 valence electrons. The van der Waals surface area contributed by atoms with Gasteiger partial charge in [0.15, 0.2) is 0 Å². The lowest BCUT2D eigenvalue weighted by atomic mass is 9.99. The third-order valence-electron chi connectivity index (χ3n) is 2.49. The highest BCUT2D eigenvalue weighted by molar-refractivity contribution is 8.33. The molecular weight excluding hydrogens is 180 g/mol. The van der Waals surface area contributed by atoms with Crippen molar-refractivity contribution in [1.29, 1.82) is 0 Å². The molecule has 4 aliphatic heterocycles. The Balaban J connectivity index is 1.90. The predicted octanol–water partition coefficient (Wildman–Crippen LogP) is 2.99. The van der Waals surface area contributed by atoms with Crippen molar-refractivity contribution in [3.05, 3.63) is 0 Å². The van der Waals surface area contributed by atoms with Crippen molar-refractivity contribution in [1.82, 2.24) is 0 Å². The molecule has 4 rings (SSSR count). The van der Waals surface area contributed by atoms with Gasteiger partial charge in [-0.3, -0.25) is 0 Å². The van der Waals surface area contributed by atoms with Gasteiger partial charge in [-0.15, -0.1) is 35.3 Å². The predicted molar refractivity (Wildman–Crippen MR) is 51.5 cm³/mol. The van der Waals surface area contributed by atoms with Crippen molar-refractivity contribution in [2.75, 3.05) is 0 Å². The summed E-state index contributed by atoms with van der Waals surface area (Å²) in [4.78, 5) is 0. The van der Waals surface area contributed by atoms with E-state index in [1.807, 2.05) is 0 Å². The molecule has 3 heteroatoms. The average molecular weight is 190 g/mol. The van der Waals surface area contributed by atoms with Crippen molar-refractivity contribution in [2.45, 2.75) is 33.0 Å². The molecular formula is C7H10S3. The molecule has 0 aromatic heterocycles. The van der Waals surface area contributed by atoms with Crippen LogP contribution in [0.5, 0.6) is 0 Å². The number of rotatable bonds is 0. The van der Waals surface area contributed by atoms with Gasteiger partial charge in [0.25, 0.3) is 0 Å². The lowest BCUT2D eigenvalue weighted by molar-refractivity contribution is 0.432. The highest BCUT2D eigenvalue weighted by Crippen LogP contribution is 2.61. The molecule has 0 spiro atoms. The maximum Gasteiger partial charge on any atom is 0.0527 e. The third-order valence-corrected chi connectivity index (χ3v) is 7.46. The van der Waals surface area contributed by atoms with Crippen LogP contribution >= 0.6 is 35.3 Å². The summed E-state index contributed by atoms with van der Waals surface area (Å²) in [5.74, 6) is 1.11. The lowest BCUT2D eigenvalue weighted by Crippen LogP contribution is -2.35. The molecule has 0 aromatic rings. The molecule has 0 unspecified atom stereocenters. The van der Waals surface area contributed by atoms with Crippen molar-refractivity contribution >= 4 is 35.3 Å². The van der Waals surface area contributed by atoms with Gasteiger partial charge in [0.1, 0.15) is 0 Å². The van der Waals surface area contributed by atoms with Crippen molar-refractivity contribution in [3.8, 4) is 0 Å². The summed E-state index contributed by atoms with van der Waals surface area (Å²) in [6.45, 7) is 0. The van der Waals surface area contributed by atoms with Crippen LogP contribution in [-0.4, -0.2) is 13.7 Å². The molecule has 4 saturated heterocycles. The van der Waals surface area contributed by atoms with E-state index in [9.17, 15) is 0 Å². The zero-order valence-electron chi connectivity index (χ0n) is 5.66. The molecule has 4 fully saturated rings. The summed E-state index contributed by atoms with van der Waals surface area (Å²) in [6.07, 6.45) is 4.55. The summed E-state index contributed by atoms with van der Waals surface area (Å²) in [7, 11) is 0. The first-order valence-electron chi connectivity index (χ1n) is 3.86. The summed E-state index contributed by atoms with van der Waals surface area (Å²) in [6, 6.07) is 0. The van der Waals surface area contributed by atoms with Gasteiger partial charge in [0.2, 0.25) is 0 Å². The largest absolute Gasteiger partial charge is 0.133 e. The summed E-state index contributed by atoms with van der Waals surface area (Å²) in [5, 5.41) is 0. The fourth-order valence-electron chi connectivity index (χ4n) is 2.04. The van der Waals surface area contributed by atoms with Gasteiger partial charge >= 0.3 is 0 Å². The molecule has 0 N–H and O–H groups in total. The highest BCUT2D eigenvalue weighted by atomic mass is 32.3. The number of thioether (sulfide) groups is 3. The maximum absolute atomic E-state index is 2.23. The smallest absolute Gasteiger partial charge is 0.0527 e. The van der Waals surface area contributed by atoms with Crippen LogP contribution in [0.15, 0.2) is 0 Å². The van der Waals surface area contributed by atoms with Crippen LogP contribution in [0.4, 0.5) is 0 Å². The molecule has 0 saturated carbocycles. The Morgan fingerprint density at radius 3 is 1.40 bits per heavy atom. The normalized spacial score (nSPS) is 57.6. The van der Waals surface area contributed by atoms with Crippen molar-refractivity contribution in [3.63, 3.8) is 0 Å². The molecule has 0 aromatic carbocycles. The van der Waals surface area contributed by atoms with Crippen LogP contribution < -0.4 is 0 Å². The Morgan fingerprint density at radius 2 is 1.10 bits per heavy atom. The molecule has 4 aliphatic rings. The minimum Gasteiger partial charge on any atom is -0.133 e. The Labute approximate surface area is 74.3 Å². The first-order valence-corrected chi connectivity index (χ1v) is 6.69. The molecule has 4 heterocycles. The molecule has 0 radical (unpaired) electrons. The molecule has 4 bridgehead atoms. The van der Waals surface area contributed by atoms with Gasteiger partial charge in [-0.2, -0.15) is 0 Å². The van der Waals surface area contributed by atoms with Crippen LogP contribution in [0.1, 0.15) is 19.3 Å². The highest BCUT2D eigenvalue weighted by Gasteiger charge is 2.43. The first-order chi connectivity index (χ1) is 4.90. The minimum absolute atomic E-state index is 0.990. The number of hydrogen-bond donors (Lipinski definition) is 0. The fourth-order valence-corrected chi connectivity index (χ4v) is 9.18. The van der Waals surface area contributed by atoms with Gasteiger partial charge in [-0.05, 0) is 25.2 Å². The van der Waals surface area contributed by atoms with Gasteiger partial charge in [0, 0.05) is 0 Å². The standard InChI is InChI=1S/C7H10S3/c1-4-2-6-8-5(1)9-7(3-4)10-6/h4-7H,1-3H2. The number of hydrogen-bond acceptors (Lipinski definition) is 3. The lowest BCUT2D eigenvalue weighted by Gasteiger charge is -2.47. The zero-order chi connectivity index (χ0) is 6.55. The zero-order valence-corrected chi connectivity index (χ0v) is 8.10. The second-order valence-electron chi connectivity index (χ2n) is 3.27. The van der Waals surface area contributed by atoms with E-state index >= 15 is 0 Å². The van der Waals surface area contributed by atoms with E-state index in [1.54, 1.807) is 0 Å². The Bertz CT molecular complexity index is 100. The van der Waals surface area contributed by atoms with Crippen LogP contribution in [0.25, 0.3) is 0 Å². The van der Waals surface area contributed by atoms with Crippen LogP contribution in [0, 0.1) is 5.92 Å². The van der Waals surface area contributed by atoms with E-state index < -0.39 is 0 Å². The first kappa shape index (κ1) is 6.55. The van der Waals surface area contributed by atoms with Crippen LogP contribution in [-0.2, 0) is 0 Å². The van der Waals surface area contributed by atoms with Crippen molar-refractivity contribution < 1.29 is 0 Å². The SMILES string of the molecule is C1C2CC3SC1SC(C2)S3. The van der Waals surface area contributed by atoms with Crippen LogP contribution in [0.3, 0.4) is 0 Å².